The van der Waals surface area contributed by atoms with Gasteiger partial charge in [0, 0.05) is 17.8 Å². The van der Waals surface area contributed by atoms with Crippen molar-refractivity contribution in [3.8, 4) is 21.8 Å². The van der Waals surface area contributed by atoms with Crippen molar-refractivity contribution in [2.24, 2.45) is 0 Å². The highest BCUT2D eigenvalue weighted by atomic mass is 32.1. The normalized spacial score (nSPS) is 11.4. The van der Waals surface area contributed by atoms with Gasteiger partial charge in [-0.25, -0.2) is 14.5 Å². The number of fused-ring (bicyclic) bond motifs is 2. The Kier molecular flexibility index (Phi) is 3.26. The highest BCUT2D eigenvalue weighted by molar-refractivity contribution is 7.21. The smallest absolute Gasteiger partial charge is 0.158 e. The first-order valence-electron chi connectivity index (χ1n) is 8.26. The monoisotopic (exact) mass is 357 g/mol. The van der Waals surface area contributed by atoms with Gasteiger partial charge >= 0.3 is 0 Å². The Labute approximate surface area is 153 Å². The minimum atomic E-state index is 0.465. The summed E-state index contributed by atoms with van der Waals surface area (Å²) in [6.45, 7) is 2.07. The summed E-state index contributed by atoms with van der Waals surface area (Å²) in [5.41, 5.74) is 11.9. The molecule has 3 heterocycles. The number of thiazole rings is 1. The minimum absolute atomic E-state index is 0.465. The van der Waals surface area contributed by atoms with E-state index in [4.69, 9.17) is 5.73 Å². The van der Waals surface area contributed by atoms with E-state index >= 15 is 0 Å². The van der Waals surface area contributed by atoms with Gasteiger partial charge in [-0.3, -0.25) is 0 Å². The molecule has 0 spiro atoms. The van der Waals surface area contributed by atoms with Gasteiger partial charge < -0.3 is 5.73 Å². The van der Waals surface area contributed by atoms with Crippen molar-refractivity contribution in [3.63, 3.8) is 0 Å². The van der Waals surface area contributed by atoms with Crippen LogP contribution in [0.2, 0.25) is 0 Å². The highest BCUT2D eigenvalue weighted by Gasteiger charge is 2.14. The Hall–Kier alpha value is -3.25. The van der Waals surface area contributed by atoms with E-state index in [1.54, 1.807) is 15.9 Å². The zero-order valence-corrected chi connectivity index (χ0v) is 14.9. The molecule has 0 saturated carbocycles. The van der Waals surface area contributed by atoms with Gasteiger partial charge in [0.05, 0.1) is 21.5 Å². The molecule has 2 N–H and O–H groups in total. The third-order valence-electron chi connectivity index (χ3n) is 4.35. The van der Waals surface area contributed by atoms with Gasteiger partial charge in [0.15, 0.2) is 5.65 Å². The summed E-state index contributed by atoms with van der Waals surface area (Å²) in [4.78, 5) is 9.21. The first kappa shape index (κ1) is 15.0. The number of hydrogen-bond donors (Lipinski definition) is 1. The average Bonchev–Trinajstić information content (AvgIpc) is 3.24. The lowest BCUT2D eigenvalue weighted by Gasteiger charge is -2.02. The van der Waals surface area contributed by atoms with Crippen molar-refractivity contribution in [1.82, 2.24) is 19.6 Å². The number of nitrogen functional groups attached to an aromatic ring is 1. The standard InChI is InChI=1S/C20H15N5S/c1-12-6-8-13(9-7-12)16-10-18-23-19(21)14(11-25(18)24-16)20-22-15-4-2-3-5-17(15)26-20/h2-11H,1H3,(H2,21,23). The van der Waals surface area contributed by atoms with E-state index in [-0.39, 0.29) is 0 Å². The van der Waals surface area contributed by atoms with Crippen LogP contribution < -0.4 is 5.73 Å². The summed E-state index contributed by atoms with van der Waals surface area (Å²) < 4.78 is 2.90. The summed E-state index contributed by atoms with van der Waals surface area (Å²) in [6, 6.07) is 18.3. The number of hydrogen-bond acceptors (Lipinski definition) is 5. The van der Waals surface area contributed by atoms with E-state index < -0.39 is 0 Å². The van der Waals surface area contributed by atoms with Crippen LogP contribution in [0.3, 0.4) is 0 Å². The van der Waals surface area contributed by atoms with E-state index in [0.29, 0.717) is 5.82 Å². The number of para-hydroxylation sites is 1. The van der Waals surface area contributed by atoms with E-state index in [1.165, 1.54) is 5.56 Å². The second-order valence-corrected chi connectivity index (χ2v) is 7.26. The summed E-state index contributed by atoms with van der Waals surface area (Å²) in [7, 11) is 0. The quantitative estimate of drug-likeness (QED) is 0.503. The van der Waals surface area contributed by atoms with Crippen LogP contribution in [0.1, 0.15) is 5.56 Å². The van der Waals surface area contributed by atoms with Crippen molar-refractivity contribution < 1.29 is 0 Å². The number of aromatic nitrogens is 4. The van der Waals surface area contributed by atoms with Crippen LogP contribution in [-0.4, -0.2) is 19.6 Å². The van der Waals surface area contributed by atoms with Crippen molar-refractivity contribution in [1.29, 1.82) is 0 Å². The molecule has 0 aliphatic carbocycles. The van der Waals surface area contributed by atoms with Crippen LogP contribution >= 0.6 is 11.3 Å². The van der Waals surface area contributed by atoms with E-state index in [0.717, 1.165) is 37.7 Å². The fraction of sp³-hybridized carbons (Fsp3) is 0.0500. The molecule has 26 heavy (non-hydrogen) atoms. The lowest BCUT2D eigenvalue weighted by atomic mass is 10.1. The van der Waals surface area contributed by atoms with Crippen LogP contribution in [0, 0.1) is 6.92 Å². The van der Waals surface area contributed by atoms with Gasteiger partial charge in [0.1, 0.15) is 10.8 Å². The van der Waals surface area contributed by atoms with Crippen molar-refractivity contribution in [2.75, 3.05) is 5.73 Å². The van der Waals surface area contributed by atoms with Gasteiger partial charge in [-0.15, -0.1) is 11.3 Å². The molecule has 5 rings (SSSR count). The molecular weight excluding hydrogens is 342 g/mol. The Morgan fingerprint density at radius 2 is 1.81 bits per heavy atom. The molecule has 2 aromatic carbocycles. The summed E-state index contributed by atoms with van der Waals surface area (Å²) in [5.74, 6) is 0.465. The third-order valence-corrected chi connectivity index (χ3v) is 5.42. The van der Waals surface area contributed by atoms with Crippen molar-refractivity contribution in [2.45, 2.75) is 6.92 Å². The molecule has 0 amide bonds. The van der Waals surface area contributed by atoms with Gasteiger partial charge in [0.2, 0.25) is 0 Å². The zero-order chi connectivity index (χ0) is 17.7. The lowest BCUT2D eigenvalue weighted by molar-refractivity contribution is 0.947. The predicted octanol–water partition coefficient (Wildman–Crippen LogP) is 4.56. The maximum atomic E-state index is 6.22. The first-order chi connectivity index (χ1) is 12.7. The molecule has 0 fully saturated rings. The SMILES string of the molecule is Cc1ccc(-c2cc3nc(N)c(-c4nc5ccccc5s4)cn3n2)cc1. The Morgan fingerprint density at radius 3 is 2.62 bits per heavy atom. The fourth-order valence-corrected chi connectivity index (χ4v) is 3.94. The molecule has 0 aliphatic rings. The van der Waals surface area contributed by atoms with Gasteiger partial charge in [-0.05, 0) is 19.1 Å². The number of rotatable bonds is 2. The second kappa shape index (κ2) is 5.64. The molecule has 0 aliphatic heterocycles. The van der Waals surface area contributed by atoms with Gasteiger partial charge in [-0.2, -0.15) is 5.10 Å². The number of benzene rings is 2. The number of nitrogens with two attached hydrogens (primary N) is 1. The van der Waals surface area contributed by atoms with Crippen LogP contribution in [0.15, 0.2) is 60.8 Å². The molecule has 0 saturated heterocycles. The fourth-order valence-electron chi connectivity index (χ4n) is 2.95. The van der Waals surface area contributed by atoms with Crippen molar-refractivity contribution in [3.05, 3.63) is 66.4 Å². The molecule has 0 atom stereocenters. The summed E-state index contributed by atoms with van der Waals surface area (Å²) in [6.07, 6.45) is 1.91. The molecule has 0 radical (unpaired) electrons. The van der Waals surface area contributed by atoms with Gasteiger partial charge in [0.25, 0.3) is 0 Å². The minimum Gasteiger partial charge on any atom is -0.383 e. The lowest BCUT2D eigenvalue weighted by Crippen LogP contribution is -1.99. The molecule has 0 bridgehead atoms. The van der Waals surface area contributed by atoms with E-state index in [2.05, 4.69) is 52.3 Å². The zero-order valence-electron chi connectivity index (χ0n) is 14.0. The Bertz CT molecular complexity index is 1220. The van der Waals surface area contributed by atoms with Crippen LogP contribution in [-0.2, 0) is 0 Å². The first-order valence-corrected chi connectivity index (χ1v) is 9.08. The molecule has 5 aromatic rings. The molecule has 0 unspecified atom stereocenters. The summed E-state index contributed by atoms with van der Waals surface area (Å²) in [5, 5.41) is 5.52. The Balaban J connectivity index is 1.65. The maximum absolute atomic E-state index is 6.22. The average molecular weight is 357 g/mol. The second-order valence-electron chi connectivity index (χ2n) is 6.22. The van der Waals surface area contributed by atoms with Crippen LogP contribution in [0.5, 0.6) is 0 Å². The van der Waals surface area contributed by atoms with Crippen LogP contribution in [0.4, 0.5) is 5.82 Å². The third kappa shape index (κ3) is 2.43. The molecule has 126 valence electrons. The predicted molar refractivity (Wildman–Crippen MR) is 106 cm³/mol. The number of nitrogens with zero attached hydrogens (tertiary/aromatic N) is 4. The topological polar surface area (TPSA) is 69.1 Å². The molecule has 3 aromatic heterocycles. The number of anilines is 1. The van der Waals surface area contributed by atoms with Crippen molar-refractivity contribution >= 4 is 33.0 Å². The van der Waals surface area contributed by atoms with E-state index in [1.807, 2.05) is 30.5 Å². The number of aryl methyl sites for hydroxylation is 1. The molecule has 5 nitrogen and oxygen atoms in total. The maximum Gasteiger partial charge on any atom is 0.158 e. The molecular formula is C20H15N5S. The summed E-state index contributed by atoms with van der Waals surface area (Å²) >= 11 is 1.61. The Morgan fingerprint density at radius 1 is 1.00 bits per heavy atom. The molecule has 6 heteroatoms. The van der Waals surface area contributed by atoms with Gasteiger partial charge in [-0.1, -0.05) is 42.0 Å². The van der Waals surface area contributed by atoms with E-state index in [9.17, 15) is 0 Å². The largest absolute Gasteiger partial charge is 0.383 e. The van der Waals surface area contributed by atoms with Crippen LogP contribution in [0.25, 0.3) is 37.7 Å². The highest BCUT2D eigenvalue weighted by Crippen LogP contribution is 2.33.